The monoisotopic (exact) mass is 393 g/mol. The minimum absolute atomic E-state index is 0.150. The summed E-state index contributed by atoms with van der Waals surface area (Å²) in [6, 6.07) is 2.51. The van der Waals surface area contributed by atoms with Crippen molar-refractivity contribution in [3.63, 3.8) is 0 Å². The predicted molar refractivity (Wildman–Crippen MR) is 108 cm³/mol. The summed E-state index contributed by atoms with van der Waals surface area (Å²) in [5.74, 6) is 2.30. The van der Waals surface area contributed by atoms with Crippen molar-refractivity contribution in [2.45, 2.75) is 83.1 Å². The van der Waals surface area contributed by atoms with Crippen LogP contribution in [0.1, 0.15) is 64.6 Å². The van der Waals surface area contributed by atoms with Gasteiger partial charge in [-0.1, -0.05) is 18.5 Å². The quantitative estimate of drug-likeness (QED) is 0.722. The van der Waals surface area contributed by atoms with E-state index < -0.39 is 0 Å². The summed E-state index contributed by atoms with van der Waals surface area (Å²) in [5, 5.41) is 6.19. The van der Waals surface area contributed by atoms with Gasteiger partial charge in [0.15, 0.2) is 5.82 Å². The van der Waals surface area contributed by atoms with Gasteiger partial charge in [-0.2, -0.15) is 0 Å². The Labute approximate surface area is 165 Å². The minimum Gasteiger partial charge on any atom is -0.360 e. The predicted octanol–water partition coefficient (Wildman–Crippen LogP) is 4.00. The highest BCUT2D eigenvalue weighted by molar-refractivity contribution is 8.01. The van der Waals surface area contributed by atoms with Gasteiger partial charge >= 0.3 is 0 Å². The number of aryl methyl sites for hydroxylation is 1. The van der Waals surface area contributed by atoms with Gasteiger partial charge in [0.1, 0.15) is 5.76 Å². The van der Waals surface area contributed by atoms with E-state index in [0.717, 1.165) is 31.6 Å². The summed E-state index contributed by atoms with van der Waals surface area (Å²) >= 11 is 1.40. The van der Waals surface area contributed by atoms with Gasteiger partial charge in [0.05, 0.1) is 11.0 Å². The third-order valence-electron chi connectivity index (χ3n) is 5.72. The molecule has 0 bridgehead atoms. The number of anilines is 1. The van der Waals surface area contributed by atoms with Gasteiger partial charge < -0.3 is 14.7 Å². The van der Waals surface area contributed by atoms with Crippen molar-refractivity contribution in [2.24, 2.45) is 5.92 Å². The highest BCUT2D eigenvalue weighted by Gasteiger charge is 2.38. The largest absolute Gasteiger partial charge is 0.360 e. The number of carbonyl (C=O) groups is 2. The van der Waals surface area contributed by atoms with E-state index in [1.807, 2.05) is 6.92 Å². The highest BCUT2D eigenvalue weighted by atomic mass is 32.2. The maximum absolute atomic E-state index is 12.9. The zero-order valence-corrected chi connectivity index (χ0v) is 17.4. The molecule has 2 amide bonds. The molecule has 0 radical (unpaired) electrons. The number of hydrogen-bond acceptors (Lipinski definition) is 5. The fraction of sp³-hybridized carbons (Fsp3) is 0.750. The van der Waals surface area contributed by atoms with E-state index >= 15 is 0 Å². The maximum Gasteiger partial charge on any atom is 0.238 e. The average Bonchev–Trinajstić information content (AvgIpc) is 3.41. The summed E-state index contributed by atoms with van der Waals surface area (Å²) < 4.78 is 4.96. The van der Waals surface area contributed by atoms with E-state index in [9.17, 15) is 9.59 Å². The number of thioether (sulfide) groups is 1. The minimum atomic E-state index is -0.317. The third-order valence-corrected chi connectivity index (χ3v) is 6.85. The van der Waals surface area contributed by atoms with Crippen molar-refractivity contribution in [3.05, 3.63) is 11.8 Å². The molecular weight excluding hydrogens is 362 g/mol. The van der Waals surface area contributed by atoms with Crippen LogP contribution in [0, 0.1) is 12.8 Å². The Morgan fingerprint density at radius 3 is 2.41 bits per heavy atom. The van der Waals surface area contributed by atoms with Gasteiger partial charge in [0.25, 0.3) is 0 Å². The molecular formula is C20H31N3O3S. The van der Waals surface area contributed by atoms with Gasteiger partial charge in [-0.15, -0.1) is 11.8 Å². The molecule has 1 atom stereocenters. The molecule has 1 N–H and O–H groups in total. The second kappa shape index (κ2) is 9.13. The Kier molecular flexibility index (Phi) is 6.84. The first-order valence-corrected chi connectivity index (χ1v) is 11.2. The van der Waals surface area contributed by atoms with Crippen molar-refractivity contribution >= 4 is 29.4 Å². The summed E-state index contributed by atoms with van der Waals surface area (Å²) in [6.45, 7) is 5.87. The summed E-state index contributed by atoms with van der Waals surface area (Å²) in [5.41, 5.74) is 0. The van der Waals surface area contributed by atoms with Gasteiger partial charge in [-0.05, 0) is 58.3 Å². The fourth-order valence-electron chi connectivity index (χ4n) is 3.89. The number of carbonyl (C=O) groups excluding carboxylic acids is 2. The number of aromatic nitrogens is 1. The summed E-state index contributed by atoms with van der Waals surface area (Å²) in [4.78, 5) is 27.3. The molecule has 1 heterocycles. The van der Waals surface area contributed by atoms with Crippen LogP contribution in [-0.4, -0.2) is 45.0 Å². The SMILES string of the molecule is CCC1CCC(N(C(=O)CSC(C)C(=O)Nc2cc(C)on2)C2CC2)CC1. The molecule has 0 aromatic carbocycles. The third kappa shape index (κ3) is 5.50. The lowest BCUT2D eigenvalue weighted by molar-refractivity contribution is -0.132. The van der Waals surface area contributed by atoms with Crippen LogP contribution in [-0.2, 0) is 9.59 Å². The molecule has 1 unspecified atom stereocenters. The van der Waals surface area contributed by atoms with Crippen molar-refractivity contribution in [2.75, 3.05) is 11.1 Å². The summed E-state index contributed by atoms with van der Waals surface area (Å²) in [6.07, 6.45) is 8.25. The highest BCUT2D eigenvalue weighted by Crippen LogP contribution is 2.36. The van der Waals surface area contributed by atoms with E-state index in [1.165, 1.54) is 31.0 Å². The second-order valence-corrected chi connectivity index (χ2v) is 9.21. The number of amides is 2. The van der Waals surface area contributed by atoms with Gasteiger partial charge in [0.2, 0.25) is 11.8 Å². The molecule has 7 heteroatoms. The molecule has 2 fully saturated rings. The Morgan fingerprint density at radius 2 is 1.89 bits per heavy atom. The van der Waals surface area contributed by atoms with E-state index in [1.54, 1.807) is 13.0 Å². The molecule has 1 aromatic rings. The maximum atomic E-state index is 12.9. The van der Waals surface area contributed by atoms with Crippen molar-refractivity contribution in [1.29, 1.82) is 0 Å². The number of hydrogen-bond donors (Lipinski definition) is 1. The molecule has 2 saturated carbocycles. The van der Waals surface area contributed by atoms with E-state index in [0.29, 0.717) is 29.4 Å². The van der Waals surface area contributed by atoms with Crippen LogP contribution in [0.3, 0.4) is 0 Å². The normalized spacial score (nSPS) is 23.7. The lowest BCUT2D eigenvalue weighted by Gasteiger charge is -2.37. The standard InChI is InChI=1S/C20H31N3O3S/c1-4-15-5-7-16(8-6-15)23(17-9-10-17)19(24)12-27-14(3)20(25)21-18-11-13(2)26-22-18/h11,14-17H,4-10,12H2,1-3H3,(H,21,22,25). The molecule has 0 saturated heterocycles. The van der Waals surface area contributed by atoms with E-state index in [-0.39, 0.29) is 17.1 Å². The molecule has 0 spiro atoms. The topological polar surface area (TPSA) is 75.4 Å². The number of nitrogens with zero attached hydrogens (tertiary/aromatic N) is 2. The zero-order chi connectivity index (χ0) is 19.4. The fourth-order valence-corrected chi connectivity index (χ4v) is 4.64. The lowest BCUT2D eigenvalue weighted by Crippen LogP contribution is -2.45. The van der Waals surface area contributed by atoms with Gasteiger partial charge in [0, 0.05) is 18.2 Å². The van der Waals surface area contributed by atoms with Crippen LogP contribution in [0.15, 0.2) is 10.6 Å². The van der Waals surface area contributed by atoms with Crippen LogP contribution in [0.2, 0.25) is 0 Å². The average molecular weight is 394 g/mol. The molecule has 2 aliphatic rings. The lowest BCUT2D eigenvalue weighted by atomic mass is 9.84. The molecule has 0 aliphatic heterocycles. The van der Waals surface area contributed by atoms with Gasteiger partial charge in [-0.3, -0.25) is 9.59 Å². The van der Waals surface area contributed by atoms with Crippen molar-refractivity contribution < 1.29 is 14.1 Å². The van der Waals surface area contributed by atoms with Crippen molar-refractivity contribution in [1.82, 2.24) is 10.1 Å². The van der Waals surface area contributed by atoms with Gasteiger partial charge in [-0.25, -0.2) is 0 Å². The van der Waals surface area contributed by atoms with Crippen LogP contribution in [0.25, 0.3) is 0 Å². The zero-order valence-electron chi connectivity index (χ0n) is 16.6. The molecule has 3 rings (SSSR count). The summed E-state index contributed by atoms with van der Waals surface area (Å²) in [7, 11) is 0. The molecule has 2 aliphatic carbocycles. The van der Waals surface area contributed by atoms with Crippen LogP contribution >= 0.6 is 11.8 Å². The van der Waals surface area contributed by atoms with E-state index in [4.69, 9.17) is 4.52 Å². The van der Waals surface area contributed by atoms with Crippen molar-refractivity contribution in [3.8, 4) is 0 Å². The second-order valence-electron chi connectivity index (χ2n) is 7.88. The first-order valence-electron chi connectivity index (χ1n) is 10.1. The van der Waals surface area contributed by atoms with Crippen LogP contribution in [0.5, 0.6) is 0 Å². The van der Waals surface area contributed by atoms with Crippen LogP contribution < -0.4 is 5.32 Å². The smallest absolute Gasteiger partial charge is 0.238 e. The molecule has 6 nitrogen and oxygen atoms in total. The Balaban J connectivity index is 1.48. The first-order chi connectivity index (χ1) is 13.0. The molecule has 150 valence electrons. The molecule has 27 heavy (non-hydrogen) atoms. The van der Waals surface area contributed by atoms with E-state index in [2.05, 4.69) is 22.3 Å². The molecule has 1 aromatic heterocycles. The Bertz CT molecular complexity index is 651. The van der Waals surface area contributed by atoms with Crippen LogP contribution in [0.4, 0.5) is 5.82 Å². The first kappa shape index (κ1) is 20.2. The Hall–Kier alpha value is -1.50. The Morgan fingerprint density at radius 1 is 1.26 bits per heavy atom. The number of rotatable bonds is 8. The number of nitrogens with one attached hydrogen (secondary N) is 1.